The van der Waals surface area contributed by atoms with E-state index in [0.29, 0.717) is 11.3 Å². The minimum absolute atomic E-state index is 0.0974. The van der Waals surface area contributed by atoms with Gasteiger partial charge in [-0.2, -0.15) is 0 Å². The maximum atomic E-state index is 12.2. The van der Waals surface area contributed by atoms with E-state index in [0.717, 1.165) is 5.56 Å². The van der Waals surface area contributed by atoms with Gasteiger partial charge in [-0.05, 0) is 19.1 Å². The molecule has 2 aromatic carbocycles. The van der Waals surface area contributed by atoms with Crippen LogP contribution in [0.25, 0.3) is 0 Å². The van der Waals surface area contributed by atoms with Gasteiger partial charge >= 0.3 is 5.97 Å². The van der Waals surface area contributed by atoms with Gasteiger partial charge in [0.05, 0.1) is 7.11 Å². The second kappa shape index (κ2) is 7.22. The summed E-state index contributed by atoms with van der Waals surface area (Å²) in [5.41, 5.74) is 2.42. The highest BCUT2D eigenvalue weighted by atomic mass is 16.5. The van der Waals surface area contributed by atoms with Crippen molar-refractivity contribution in [2.24, 2.45) is 0 Å². The highest BCUT2D eigenvalue weighted by molar-refractivity contribution is 6.09. The van der Waals surface area contributed by atoms with Gasteiger partial charge in [0.2, 0.25) is 0 Å². The summed E-state index contributed by atoms with van der Waals surface area (Å²) >= 11 is 0. The fourth-order valence-electron chi connectivity index (χ4n) is 1.87. The summed E-state index contributed by atoms with van der Waals surface area (Å²) in [6.45, 7) is 1.97. The first-order valence-electron chi connectivity index (χ1n) is 6.83. The minimum atomic E-state index is -0.593. The van der Waals surface area contributed by atoms with Gasteiger partial charge in [0, 0.05) is 17.3 Å². The van der Waals surface area contributed by atoms with Crippen molar-refractivity contribution in [2.45, 2.75) is 6.92 Å². The van der Waals surface area contributed by atoms with Crippen molar-refractivity contribution in [3.05, 3.63) is 77.5 Å². The third kappa shape index (κ3) is 4.06. The van der Waals surface area contributed by atoms with Gasteiger partial charge in [-0.15, -0.1) is 0 Å². The predicted molar refractivity (Wildman–Crippen MR) is 85.7 cm³/mol. The van der Waals surface area contributed by atoms with E-state index < -0.39 is 5.97 Å². The number of hydrogen-bond acceptors (Lipinski definition) is 4. The normalized spacial score (nSPS) is 10.9. The molecule has 1 N–H and O–H groups in total. The van der Waals surface area contributed by atoms with Gasteiger partial charge in [-0.1, -0.05) is 48.0 Å². The molecule has 0 heterocycles. The Morgan fingerprint density at radius 3 is 2.23 bits per heavy atom. The number of aryl methyl sites for hydroxylation is 1. The molecule has 4 heteroatoms. The smallest absolute Gasteiger partial charge is 0.354 e. The SMILES string of the molecule is COC(=O)/C(=C/C(=O)c1ccccc1)Nc1ccc(C)cc1. The number of allylic oxidation sites excluding steroid dienone is 1. The first kappa shape index (κ1) is 15.5. The molecule has 0 aliphatic heterocycles. The maximum Gasteiger partial charge on any atom is 0.354 e. The highest BCUT2D eigenvalue weighted by Crippen LogP contribution is 2.13. The molecule has 4 nitrogen and oxygen atoms in total. The number of carbonyl (C=O) groups is 2. The molecule has 0 spiro atoms. The molecule has 0 radical (unpaired) electrons. The molecule has 2 rings (SSSR count). The number of nitrogens with one attached hydrogen (secondary N) is 1. The lowest BCUT2D eigenvalue weighted by Crippen LogP contribution is -2.15. The van der Waals surface area contributed by atoms with E-state index in [2.05, 4.69) is 5.32 Å². The summed E-state index contributed by atoms with van der Waals surface area (Å²) in [4.78, 5) is 24.0. The van der Waals surface area contributed by atoms with Crippen LogP contribution in [0.3, 0.4) is 0 Å². The highest BCUT2D eigenvalue weighted by Gasteiger charge is 2.13. The number of rotatable bonds is 5. The van der Waals surface area contributed by atoms with Crippen LogP contribution in [0.2, 0.25) is 0 Å². The number of carbonyl (C=O) groups excluding carboxylic acids is 2. The van der Waals surface area contributed by atoms with Crippen LogP contribution in [0.4, 0.5) is 5.69 Å². The van der Waals surface area contributed by atoms with Gasteiger partial charge < -0.3 is 10.1 Å². The van der Waals surface area contributed by atoms with E-state index in [-0.39, 0.29) is 11.5 Å². The van der Waals surface area contributed by atoms with Crippen molar-refractivity contribution < 1.29 is 14.3 Å². The fraction of sp³-hybridized carbons (Fsp3) is 0.111. The summed E-state index contributed by atoms with van der Waals surface area (Å²) in [6, 6.07) is 16.2. The predicted octanol–water partition coefficient (Wildman–Crippen LogP) is 3.35. The Hall–Kier alpha value is -2.88. The zero-order valence-corrected chi connectivity index (χ0v) is 12.5. The van der Waals surface area contributed by atoms with Crippen LogP contribution in [-0.4, -0.2) is 18.9 Å². The van der Waals surface area contributed by atoms with Crippen LogP contribution >= 0.6 is 0 Å². The first-order chi connectivity index (χ1) is 10.6. The Kier molecular flexibility index (Phi) is 5.09. The van der Waals surface area contributed by atoms with Gasteiger partial charge in [0.15, 0.2) is 5.78 Å². The standard InChI is InChI=1S/C18H17NO3/c1-13-8-10-15(11-9-13)19-16(18(21)22-2)12-17(20)14-6-4-3-5-7-14/h3-12,19H,1-2H3/b16-12-. The lowest BCUT2D eigenvalue weighted by Gasteiger charge is -2.09. The molecule has 0 aliphatic rings. The van der Waals surface area contributed by atoms with Gasteiger partial charge in [-0.3, -0.25) is 4.79 Å². The van der Waals surface area contributed by atoms with Crippen LogP contribution in [0.5, 0.6) is 0 Å². The summed E-state index contributed by atoms with van der Waals surface area (Å²) in [6.07, 6.45) is 1.25. The number of ketones is 1. The van der Waals surface area contributed by atoms with Crippen molar-refractivity contribution in [1.29, 1.82) is 0 Å². The molecule has 2 aromatic rings. The molecule has 0 saturated heterocycles. The second-order valence-corrected chi connectivity index (χ2v) is 4.77. The quantitative estimate of drug-likeness (QED) is 0.522. The van der Waals surface area contributed by atoms with Crippen molar-refractivity contribution in [3.63, 3.8) is 0 Å². The molecule has 22 heavy (non-hydrogen) atoms. The zero-order valence-electron chi connectivity index (χ0n) is 12.5. The lowest BCUT2D eigenvalue weighted by atomic mass is 10.1. The molecular formula is C18H17NO3. The summed E-state index contributed by atoms with van der Waals surface area (Å²) in [5.74, 6) is -0.856. The number of benzene rings is 2. The molecule has 0 fully saturated rings. The number of methoxy groups -OCH3 is 1. The molecule has 0 amide bonds. The van der Waals surface area contributed by atoms with E-state index >= 15 is 0 Å². The van der Waals surface area contributed by atoms with Crippen molar-refractivity contribution in [3.8, 4) is 0 Å². The number of esters is 1. The van der Waals surface area contributed by atoms with E-state index in [1.54, 1.807) is 24.3 Å². The number of ether oxygens (including phenoxy) is 1. The molecule has 0 aromatic heterocycles. The largest absolute Gasteiger partial charge is 0.464 e. The monoisotopic (exact) mass is 295 g/mol. The van der Waals surface area contributed by atoms with Crippen LogP contribution in [-0.2, 0) is 9.53 Å². The molecular weight excluding hydrogens is 278 g/mol. The molecule has 0 bridgehead atoms. The number of hydrogen-bond donors (Lipinski definition) is 1. The van der Waals surface area contributed by atoms with Crippen molar-refractivity contribution in [2.75, 3.05) is 12.4 Å². The summed E-state index contributed by atoms with van der Waals surface area (Å²) in [7, 11) is 1.28. The third-order valence-electron chi connectivity index (χ3n) is 3.07. The summed E-state index contributed by atoms with van der Waals surface area (Å²) in [5, 5.41) is 2.92. The molecule has 112 valence electrons. The molecule has 0 unspecified atom stereocenters. The van der Waals surface area contributed by atoms with Gasteiger partial charge in [-0.25, -0.2) is 4.79 Å². The Bertz CT molecular complexity index is 688. The Morgan fingerprint density at radius 1 is 1.00 bits per heavy atom. The van der Waals surface area contributed by atoms with Crippen molar-refractivity contribution >= 4 is 17.4 Å². The van der Waals surface area contributed by atoms with E-state index in [1.165, 1.54) is 13.2 Å². The topological polar surface area (TPSA) is 55.4 Å². The first-order valence-corrected chi connectivity index (χ1v) is 6.83. The van der Waals surface area contributed by atoms with Crippen LogP contribution in [0.1, 0.15) is 15.9 Å². The van der Waals surface area contributed by atoms with Crippen LogP contribution in [0, 0.1) is 6.92 Å². The van der Waals surface area contributed by atoms with E-state index in [9.17, 15) is 9.59 Å². The fourth-order valence-corrected chi connectivity index (χ4v) is 1.87. The Morgan fingerprint density at radius 2 is 1.64 bits per heavy atom. The lowest BCUT2D eigenvalue weighted by molar-refractivity contribution is -0.135. The second-order valence-electron chi connectivity index (χ2n) is 4.77. The average Bonchev–Trinajstić information content (AvgIpc) is 2.56. The Labute approximate surface area is 129 Å². The van der Waals surface area contributed by atoms with Gasteiger partial charge in [0.25, 0.3) is 0 Å². The van der Waals surface area contributed by atoms with E-state index in [1.807, 2.05) is 37.3 Å². The third-order valence-corrected chi connectivity index (χ3v) is 3.07. The van der Waals surface area contributed by atoms with Crippen LogP contribution < -0.4 is 5.32 Å². The number of anilines is 1. The molecule has 0 saturated carbocycles. The average molecular weight is 295 g/mol. The minimum Gasteiger partial charge on any atom is -0.464 e. The van der Waals surface area contributed by atoms with E-state index in [4.69, 9.17) is 4.74 Å². The molecule has 0 atom stereocenters. The Balaban J connectivity index is 2.26. The molecule has 0 aliphatic carbocycles. The zero-order chi connectivity index (χ0) is 15.9. The maximum absolute atomic E-state index is 12.2. The van der Waals surface area contributed by atoms with Gasteiger partial charge in [0.1, 0.15) is 5.70 Å². The summed E-state index contributed by atoms with van der Waals surface area (Å²) < 4.78 is 4.72. The van der Waals surface area contributed by atoms with Crippen molar-refractivity contribution in [1.82, 2.24) is 0 Å². The van der Waals surface area contributed by atoms with Crippen LogP contribution in [0.15, 0.2) is 66.4 Å².